The van der Waals surface area contributed by atoms with Crippen LogP contribution in [0, 0.1) is 0 Å². The van der Waals surface area contributed by atoms with E-state index in [2.05, 4.69) is 10.3 Å². The lowest BCUT2D eigenvalue weighted by molar-refractivity contribution is -0.252. The van der Waals surface area contributed by atoms with Crippen LogP contribution in [0.15, 0.2) is 24.5 Å². The number of aromatic nitrogens is 1. The molecule has 2 rings (SSSR count). The van der Waals surface area contributed by atoms with E-state index in [1.807, 2.05) is 0 Å². The zero-order chi connectivity index (χ0) is 14.7. The summed E-state index contributed by atoms with van der Waals surface area (Å²) in [5.41, 5.74) is 0.241. The van der Waals surface area contributed by atoms with E-state index in [0.29, 0.717) is 0 Å². The third-order valence-corrected chi connectivity index (χ3v) is 3.12. The summed E-state index contributed by atoms with van der Waals surface area (Å²) in [6.07, 6.45) is -2.69. The van der Waals surface area contributed by atoms with Gasteiger partial charge in [-0.25, -0.2) is 0 Å². The molecule has 20 heavy (non-hydrogen) atoms. The zero-order valence-electron chi connectivity index (χ0n) is 10.5. The monoisotopic (exact) mass is 284 g/mol. The Balaban J connectivity index is 2.07. The summed E-state index contributed by atoms with van der Waals surface area (Å²) in [6, 6.07) is 1.87. The van der Waals surface area contributed by atoms with Gasteiger partial charge in [0.15, 0.2) is 6.29 Å². The quantitative estimate of drug-likeness (QED) is 0.418. The largest absolute Gasteiger partial charge is 0.394 e. The van der Waals surface area contributed by atoms with Gasteiger partial charge in [-0.05, 0) is 12.1 Å². The molecule has 1 aromatic rings. The number of hydrogen-bond donors (Lipinski definition) is 5. The molecule has 2 heterocycles. The van der Waals surface area contributed by atoms with Crippen molar-refractivity contribution in [3.63, 3.8) is 0 Å². The van der Waals surface area contributed by atoms with Crippen LogP contribution in [0.25, 0.3) is 0 Å². The molecule has 1 aliphatic rings. The van der Waals surface area contributed by atoms with E-state index in [1.165, 1.54) is 18.5 Å². The summed E-state index contributed by atoms with van der Waals surface area (Å²) < 4.78 is 4.93. The summed E-state index contributed by atoms with van der Waals surface area (Å²) in [5.74, 6) is -0.570. The van der Waals surface area contributed by atoms with E-state index >= 15 is 0 Å². The molecule has 8 nitrogen and oxygen atoms in total. The second kappa shape index (κ2) is 6.25. The predicted molar refractivity (Wildman–Crippen MR) is 65.5 cm³/mol. The number of amides is 1. The van der Waals surface area contributed by atoms with Crippen LogP contribution in [-0.4, -0.2) is 68.6 Å². The molecule has 110 valence electrons. The van der Waals surface area contributed by atoms with E-state index < -0.39 is 43.2 Å². The van der Waals surface area contributed by atoms with Crippen LogP contribution in [0.1, 0.15) is 10.4 Å². The SMILES string of the molecule is O=C(N[C@H]1C(O)O[C@H](CO)[C@@H](O)[C@@H]1O)c1cccnc1. The van der Waals surface area contributed by atoms with E-state index in [4.69, 9.17) is 9.84 Å². The van der Waals surface area contributed by atoms with Crippen molar-refractivity contribution in [2.45, 2.75) is 30.6 Å². The minimum absolute atomic E-state index is 0.241. The first kappa shape index (κ1) is 14.8. The van der Waals surface area contributed by atoms with E-state index in [1.54, 1.807) is 6.07 Å². The Bertz CT molecular complexity index is 457. The Kier molecular flexibility index (Phi) is 4.63. The normalized spacial score (nSPS) is 33.7. The summed E-state index contributed by atoms with van der Waals surface area (Å²) in [5, 5.41) is 40.6. The van der Waals surface area contributed by atoms with Gasteiger partial charge >= 0.3 is 0 Å². The van der Waals surface area contributed by atoms with Crippen LogP contribution in [0.4, 0.5) is 0 Å². The highest BCUT2D eigenvalue weighted by Gasteiger charge is 2.44. The molecule has 5 atom stereocenters. The fourth-order valence-electron chi connectivity index (χ4n) is 1.98. The number of rotatable bonds is 3. The van der Waals surface area contributed by atoms with Gasteiger partial charge in [0.25, 0.3) is 5.91 Å². The maximum Gasteiger partial charge on any atom is 0.253 e. The molecule has 0 aliphatic carbocycles. The number of pyridine rings is 1. The molecule has 1 unspecified atom stereocenters. The Morgan fingerprint density at radius 1 is 1.35 bits per heavy atom. The molecule has 1 saturated heterocycles. The highest BCUT2D eigenvalue weighted by Crippen LogP contribution is 2.20. The van der Waals surface area contributed by atoms with E-state index in [-0.39, 0.29) is 5.56 Å². The van der Waals surface area contributed by atoms with Crippen LogP contribution < -0.4 is 5.32 Å². The molecule has 0 saturated carbocycles. The molecule has 0 bridgehead atoms. The lowest BCUT2D eigenvalue weighted by Crippen LogP contribution is -2.64. The second-order valence-corrected chi connectivity index (χ2v) is 4.47. The molecule has 1 fully saturated rings. The first-order valence-electron chi connectivity index (χ1n) is 6.06. The van der Waals surface area contributed by atoms with Gasteiger partial charge in [-0.1, -0.05) is 0 Å². The molecule has 8 heteroatoms. The fraction of sp³-hybridized carbons (Fsp3) is 0.500. The van der Waals surface area contributed by atoms with Crippen LogP contribution >= 0.6 is 0 Å². The average Bonchev–Trinajstić information content (AvgIpc) is 2.48. The standard InChI is InChI=1S/C12H16N2O6/c15-5-7-9(16)10(17)8(12(19)20-7)14-11(18)6-2-1-3-13-4-6/h1-4,7-10,12,15-17,19H,5H2,(H,14,18)/t7-,8-,9-,10-,12?/m1/s1. The number of aliphatic hydroxyl groups is 4. The van der Waals surface area contributed by atoms with E-state index in [9.17, 15) is 20.1 Å². The minimum Gasteiger partial charge on any atom is -0.394 e. The molecule has 5 N–H and O–H groups in total. The number of hydrogen-bond acceptors (Lipinski definition) is 7. The molecule has 0 aromatic carbocycles. The summed E-state index contributed by atoms with van der Waals surface area (Å²) in [7, 11) is 0. The lowest BCUT2D eigenvalue weighted by atomic mass is 9.97. The van der Waals surface area contributed by atoms with Crippen molar-refractivity contribution >= 4 is 5.91 Å². The van der Waals surface area contributed by atoms with Crippen molar-refractivity contribution in [3.05, 3.63) is 30.1 Å². The molecular weight excluding hydrogens is 268 g/mol. The molecule has 1 aromatic heterocycles. The maximum absolute atomic E-state index is 11.9. The topological polar surface area (TPSA) is 132 Å². The van der Waals surface area contributed by atoms with Gasteiger partial charge in [0.1, 0.15) is 24.4 Å². The highest BCUT2D eigenvalue weighted by atomic mass is 16.6. The van der Waals surface area contributed by atoms with Gasteiger partial charge in [-0.2, -0.15) is 0 Å². The molecular formula is C12H16N2O6. The van der Waals surface area contributed by atoms with Crippen LogP contribution in [-0.2, 0) is 4.74 Å². The maximum atomic E-state index is 11.9. The fourth-order valence-corrected chi connectivity index (χ4v) is 1.98. The summed E-state index contributed by atoms with van der Waals surface area (Å²) in [6.45, 7) is -0.557. The first-order valence-corrected chi connectivity index (χ1v) is 6.06. The molecule has 0 radical (unpaired) electrons. The minimum atomic E-state index is -1.54. The van der Waals surface area contributed by atoms with Crippen LogP contribution in [0.2, 0.25) is 0 Å². The second-order valence-electron chi connectivity index (χ2n) is 4.47. The number of nitrogens with zero attached hydrogens (tertiary/aromatic N) is 1. The Morgan fingerprint density at radius 3 is 2.70 bits per heavy atom. The molecule has 1 amide bonds. The van der Waals surface area contributed by atoms with Gasteiger partial charge in [0, 0.05) is 12.4 Å². The van der Waals surface area contributed by atoms with Crippen molar-refractivity contribution in [1.82, 2.24) is 10.3 Å². The van der Waals surface area contributed by atoms with Crippen molar-refractivity contribution < 1.29 is 30.0 Å². The van der Waals surface area contributed by atoms with Crippen LogP contribution in [0.3, 0.4) is 0 Å². The number of carbonyl (C=O) groups excluding carboxylic acids is 1. The average molecular weight is 284 g/mol. The van der Waals surface area contributed by atoms with Crippen LogP contribution in [0.5, 0.6) is 0 Å². The highest BCUT2D eigenvalue weighted by molar-refractivity contribution is 5.94. The van der Waals surface area contributed by atoms with E-state index in [0.717, 1.165) is 0 Å². The van der Waals surface area contributed by atoms with Gasteiger partial charge in [-0.3, -0.25) is 9.78 Å². The van der Waals surface area contributed by atoms with Crippen molar-refractivity contribution in [3.8, 4) is 0 Å². The molecule has 1 aliphatic heterocycles. The number of aliphatic hydroxyl groups excluding tert-OH is 4. The Labute approximate surface area is 114 Å². The molecule has 0 spiro atoms. The van der Waals surface area contributed by atoms with Crippen molar-refractivity contribution in [1.29, 1.82) is 0 Å². The Morgan fingerprint density at radius 2 is 2.10 bits per heavy atom. The van der Waals surface area contributed by atoms with Gasteiger partial charge in [-0.15, -0.1) is 0 Å². The number of ether oxygens (including phenoxy) is 1. The summed E-state index contributed by atoms with van der Waals surface area (Å²) >= 11 is 0. The van der Waals surface area contributed by atoms with Crippen molar-refractivity contribution in [2.24, 2.45) is 0 Å². The third kappa shape index (κ3) is 2.94. The van der Waals surface area contributed by atoms with Crippen molar-refractivity contribution in [2.75, 3.05) is 6.61 Å². The zero-order valence-corrected chi connectivity index (χ0v) is 10.5. The predicted octanol–water partition coefficient (Wildman–Crippen LogP) is -2.39. The van der Waals surface area contributed by atoms with Gasteiger partial charge in [0.05, 0.1) is 12.2 Å². The Hall–Kier alpha value is -1.58. The smallest absolute Gasteiger partial charge is 0.253 e. The first-order chi connectivity index (χ1) is 9.54. The third-order valence-electron chi connectivity index (χ3n) is 3.12. The summed E-state index contributed by atoms with van der Waals surface area (Å²) in [4.78, 5) is 15.7. The number of nitrogens with one attached hydrogen (secondary N) is 1. The van der Waals surface area contributed by atoms with Gasteiger partial charge in [0.2, 0.25) is 0 Å². The number of carbonyl (C=O) groups is 1. The van der Waals surface area contributed by atoms with Gasteiger partial charge < -0.3 is 30.5 Å². The lowest BCUT2D eigenvalue weighted by Gasteiger charge is -2.40.